The molecule has 4 N–H and O–H groups in total. The standard InChI is InChI=1S/C22H30N6O2S/c1-27(2)14-6-3-7-15(11-14)28-16-8-10-24-21-17(16)18(26-22(28)30)19(31-21)20(29)25-13-5-4-9-23-12-13/h3,6-7,11,13,16-17,21,23-24H,4-5,8-10,12H2,1-2H3,(H,25,29)(H,26,30)/t13-,16?,17?,21?/m1/s1. The number of benzene rings is 1. The molecule has 3 amide bonds. The van der Waals surface area contributed by atoms with E-state index in [2.05, 4.69) is 27.3 Å². The molecule has 0 saturated carbocycles. The Morgan fingerprint density at radius 1 is 1.26 bits per heavy atom. The van der Waals surface area contributed by atoms with E-state index in [-0.39, 0.29) is 35.3 Å². The monoisotopic (exact) mass is 442 g/mol. The average molecular weight is 443 g/mol. The van der Waals surface area contributed by atoms with Crippen LogP contribution < -0.4 is 31.1 Å². The van der Waals surface area contributed by atoms with E-state index in [1.54, 1.807) is 11.8 Å². The Morgan fingerprint density at radius 2 is 2.13 bits per heavy atom. The number of anilines is 2. The van der Waals surface area contributed by atoms with Crippen LogP contribution in [-0.2, 0) is 4.79 Å². The zero-order valence-corrected chi connectivity index (χ0v) is 18.8. The van der Waals surface area contributed by atoms with Gasteiger partial charge in [-0.2, -0.15) is 0 Å². The van der Waals surface area contributed by atoms with E-state index in [0.29, 0.717) is 4.91 Å². The number of hydrogen-bond acceptors (Lipinski definition) is 6. The summed E-state index contributed by atoms with van der Waals surface area (Å²) in [6.45, 7) is 2.63. The second kappa shape index (κ2) is 8.37. The fourth-order valence-corrected chi connectivity index (χ4v) is 6.47. The van der Waals surface area contributed by atoms with Crippen LogP contribution in [0.3, 0.4) is 0 Å². The summed E-state index contributed by atoms with van der Waals surface area (Å²) in [5, 5.41) is 13.3. The summed E-state index contributed by atoms with van der Waals surface area (Å²) >= 11 is 1.56. The minimum atomic E-state index is -0.153. The van der Waals surface area contributed by atoms with Gasteiger partial charge in [0.15, 0.2) is 0 Å². The van der Waals surface area contributed by atoms with Gasteiger partial charge in [0.25, 0.3) is 5.91 Å². The number of hydrogen-bond donors (Lipinski definition) is 4. The third-order valence-corrected chi connectivity index (χ3v) is 7.96. The quantitative estimate of drug-likeness (QED) is 0.564. The minimum Gasteiger partial charge on any atom is -0.378 e. The highest BCUT2D eigenvalue weighted by Gasteiger charge is 2.51. The van der Waals surface area contributed by atoms with Crippen LogP contribution in [0.25, 0.3) is 0 Å². The maximum Gasteiger partial charge on any atom is 0.326 e. The first-order valence-corrected chi connectivity index (χ1v) is 11.9. The molecule has 5 rings (SSSR count). The maximum absolute atomic E-state index is 13.3. The van der Waals surface area contributed by atoms with Crippen molar-refractivity contribution in [1.82, 2.24) is 21.3 Å². The first kappa shape index (κ1) is 20.7. The number of piperidine rings is 2. The molecule has 4 heterocycles. The Balaban J connectivity index is 1.43. The molecule has 4 aliphatic heterocycles. The lowest BCUT2D eigenvalue weighted by Gasteiger charge is -2.46. The molecule has 9 heteroatoms. The molecule has 0 aromatic heterocycles. The molecule has 1 aromatic carbocycles. The van der Waals surface area contributed by atoms with Crippen LogP contribution in [0.15, 0.2) is 34.9 Å². The fourth-order valence-electron chi connectivity index (χ4n) is 5.07. The molecular weight excluding hydrogens is 412 g/mol. The van der Waals surface area contributed by atoms with E-state index < -0.39 is 0 Å². The van der Waals surface area contributed by atoms with Gasteiger partial charge in [-0.25, -0.2) is 4.79 Å². The average Bonchev–Trinajstić information content (AvgIpc) is 3.14. The summed E-state index contributed by atoms with van der Waals surface area (Å²) in [4.78, 5) is 31.0. The molecule has 0 aliphatic carbocycles. The predicted molar refractivity (Wildman–Crippen MR) is 124 cm³/mol. The Morgan fingerprint density at radius 3 is 2.90 bits per heavy atom. The maximum atomic E-state index is 13.3. The van der Waals surface area contributed by atoms with E-state index >= 15 is 0 Å². The summed E-state index contributed by atoms with van der Waals surface area (Å²) < 4.78 is 0. The number of urea groups is 1. The topological polar surface area (TPSA) is 88.7 Å². The van der Waals surface area contributed by atoms with Crippen LogP contribution >= 0.6 is 11.8 Å². The van der Waals surface area contributed by atoms with Gasteiger partial charge in [-0.1, -0.05) is 17.8 Å². The molecule has 0 bridgehead atoms. The molecule has 4 aliphatic rings. The first-order valence-electron chi connectivity index (χ1n) is 11.1. The molecular formula is C22H30N6O2S. The highest BCUT2D eigenvalue weighted by atomic mass is 32.2. The Labute approximate surface area is 187 Å². The van der Waals surface area contributed by atoms with Crippen molar-refractivity contribution in [3.8, 4) is 0 Å². The number of nitrogens with one attached hydrogen (secondary N) is 4. The van der Waals surface area contributed by atoms with Crippen molar-refractivity contribution in [2.45, 2.75) is 36.7 Å². The number of nitrogens with zero attached hydrogens (tertiary/aromatic N) is 2. The van der Waals surface area contributed by atoms with Gasteiger partial charge in [-0.05, 0) is 50.6 Å². The smallest absolute Gasteiger partial charge is 0.326 e. The van der Waals surface area contributed by atoms with Crippen molar-refractivity contribution in [1.29, 1.82) is 0 Å². The number of thioether (sulfide) groups is 1. The van der Waals surface area contributed by atoms with Crippen molar-refractivity contribution in [3.05, 3.63) is 34.9 Å². The van der Waals surface area contributed by atoms with Crippen LogP contribution in [-0.4, -0.2) is 63.1 Å². The summed E-state index contributed by atoms with van der Waals surface area (Å²) in [5.41, 5.74) is 2.74. The zero-order valence-electron chi connectivity index (χ0n) is 18.0. The van der Waals surface area contributed by atoms with Crippen molar-refractivity contribution < 1.29 is 9.59 Å². The Kier molecular flexibility index (Phi) is 5.58. The number of amides is 3. The van der Waals surface area contributed by atoms with Crippen LogP contribution in [0.4, 0.5) is 16.2 Å². The molecule has 8 nitrogen and oxygen atoms in total. The third kappa shape index (κ3) is 3.79. The van der Waals surface area contributed by atoms with Crippen LogP contribution in [0.5, 0.6) is 0 Å². The molecule has 0 radical (unpaired) electrons. The van der Waals surface area contributed by atoms with Gasteiger partial charge in [0.1, 0.15) is 0 Å². The summed E-state index contributed by atoms with van der Waals surface area (Å²) in [6, 6.07) is 8.09. The van der Waals surface area contributed by atoms with Crippen molar-refractivity contribution in [3.63, 3.8) is 0 Å². The van der Waals surface area contributed by atoms with E-state index in [9.17, 15) is 9.59 Å². The normalized spacial score (nSPS) is 30.0. The van der Waals surface area contributed by atoms with E-state index in [1.165, 1.54) is 0 Å². The highest BCUT2D eigenvalue weighted by Crippen LogP contribution is 2.48. The minimum absolute atomic E-state index is 0.0292. The van der Waals surface area contributed by atoms with Gasteiger partial charge in [-0.15, -0.1) is 0 Å². The first-order chi connectivity index (χ1) is 15.0. The molecule has 31 heavy (non-hydrogen) atoms. The van der Waals surface area contributed by atoms with Crippen molar-refractivity contribution >= 4 is 35.1 Å². The van der Waals surface area contributed by atoms with Crippen LogP contribution in [0, 0.1) is 5.92 Å². The van der Waals surface area contributed by atoms with E-state index in [4.69, 9.17) is 0 Å². The predicted octanol–water partition coefficient (Wildman–Crippen LogP) is 1.41. The molecule has 4 atom stereocenters. The fraction of sp³-hybridized carbons (Fsp3) is 0.545. The lowest BCUT2D eigenvalue weighted by molar-refractivity contribution is -0.117. The zero-order chi connectivity index (χ0) is 21.5. The molecule has 1 aromatic rings. The van der Waals surface area contributed by atoms with Gasteiger partial charge in [0, 0.05) is 49.7 Å². The van der Waals surface area contributed by atoms with Gasteiger partial charge in [0.05, 0.1) is 16.3 Å². The molecule has 166 valence electrons. The Hall–Kier alpha value is -2.23. The highest BCUT2D eigenvalue weighted by molar-refractivity contribution is 8.04. The number of carbonyl (C=O) groups is 2. The summed E-state index contributed by atoms with van der Waals surface area (Å²) in [7, 11) is 3.99. The molecule has 3 fully saturated rings. The second-order valence-corrected chi connectivity index (χ2v) is 10.0. The van der Waals surface area contributed by atoms with Crippen molar-refractivity contribution in [2.75, 3.05) is 43.5 Å². The van der Waals surface area contributed by atoms with Gasteiger partial charge in [-0.3, -0.25) is 9.69 Å². The van der Waals surface area contributed by atoms with Crippen LogP contribution in [0.2, 0.25) is 0 Å². The van der Waals surface area contributed by atoms with E-state index in [1.807, 2.05) is 42.1 Å². The lowest BCUT2D eigenvalue weighted by Crippen LogP contribution is -2.62. The second-order valence-electron chi connectivity index (χ2n) is 8.85. The lowest BCUT2D eigenvalue weighted by atomic mass is 9.86. The van der Waals surface area contributed by atoms with Crippen LogP contribution in [0.1, 0.15) is 19.3 Å². The number of carbonyl (C=O) groups excluding carboxylic acids is 2. The number of rotatable bonds is 4. The summed E-state index contributed by atoms with van der Waals surface area (Å²) in [5.74, 6) is 0.0108. The third-order valence-electron chi connectivity index (χ3n) is 6.60. The van der Waals surface area contributed by atoms with E-state index in [0.717, 1.165) is 56.0 Å². The summed E-state index contributed by atoms with van der Waals surface area (Å²) in [6.07, 6.45) is 2.91. The Bertz CT molecular complexity index is 913. The van der Waals surface area contributed by atoms with Gasteiger partial charge in [0.2, 0.25) is 0 Å². The largest absolute Gasteiger partial charge is 0.378 e. The molecule has 3 saturated heterocycles. The SMILES string of the molecule is CN(C)c1cccc(N2C(=O)NC3=C(C(=O)N[C@@H]4CCCNC4)SC4NCCC2C34)c1. The van der Waals surface area contributed by atoms with Gasteiger partial charge >= 0.3 is 6.03 Å². The molecule has 0 spiro atoms. The van der Waals surface area contributed by atoms with Crippen molar-refractivity contribution in [2.24, 2.45) is 5.92 Å². The van der Waals surface area contributed by atoms with Gasteiger partial charge < -0.3 is 26.2 Å². The molecule has 3 unspecified atom stereocenters.